The summed E-state index contributed by atoms with van der Waals surface area (Å²) in [5.74, 6) is 0. The lowest BCUT2D eigenvalue weighted by atomic mass is 9.82. The van der Waals surface area contributed by atoms with Gasteiger partial charge in [0, 0.05) is 29.7 Å². The van der Waals surface area contributed by atoms with Crippen LogP contribution in [0.25, 0.3) is 98.5 Å². The molecule has 0 aliphatic heterocycles. The molecular formula is C48H30N2. The Balaban J connectivity index is 1.32. The molecule has 0 aliphatic rings. The molecule has 0 aliphatic carbocycles. The van der Waals surface area contributed by atoms with Crippen LogP contribution in [-0.2, 0) is 0 Å². The zero-order valence-corrected chi connectivity index (χ0v) is 27.2. The van der Waals surface area contributed by atoms with E-state index < -0.39 is 0 Å². The van der Waals surface area contributed by atoms with Gasteiger partial charge in [0.25, 0.3) is 0 Å². The van der Waals surface area contributed by atoms with E-state index in [-0.39, 0.29) is 0 Å². The number of hydrogen-bond acceptors (Lipinski definition) is 2. The molecule has 8 aromatic carbocycles. The summed E-state index contributed by atoms with van der Waals surface area (Å²) >= 11 is 0. The zero-order valence-electron chi connectivity index (χ0n) is 27.2. The highest BCUT2D eigenvalue weighted by Crippen LogP contribution is 2.48. The van der Waals surface area contributed by atoms with Gasteiger partial charge in [-0.25, -0.2) is 0 Å². The predicted molar refractivity (Wildman–Crippen MR) is 211 cm³/mol. The smallest absolute Gasteiger partial charge is 0.0702 e. The van der Waals surface area contributed by atoms with E-state index in [9.17, 15) is 0 Å². The summed E-state index contributed by atoms with van der Waals surface area (Å²) < 4.78 is 0. The number of benzene rings is 8. The van der Waals surface area contributed by atoms with Crippen molar-refractivity contribution in [3.63, 3.8) is 0 Å². The van der Waals surface area contributed by atoms with Crippen molar-refractivity contribution >= 4 is 53.9 Å². The standard InChI is InChI=1S/C48H30N2/c1-3-13-36-32(10-1)12-9-19-40(36)47-41-17-7-8-18-42(41)48(44-28-33-11-2-4-14-37(33)38-15-5-6-16-39(38)44)43-22-20-34(29-45(43)47)46-23-21-35(30-50-46)31-24-26-49-27-25-31/h1-30H. The highest BCUT2D eigenvalue weighted by atomic mass is 14.7. The van der Waals surface area contributed by atoms with Crippen molar-refractivity contribution in [2.45, 2.75) is 0 Å². The first-order chi connectivity index (χ1) is 24.8. The molecular weight excluding hydrogens is 605 g/mol. The molecule has 0 radical (unpaired) electrons. The predicted octanol–water partition coefficient (Wildman–Crippen LogP) is 12.9. The molecule has 0 atom stereocenters. The largest absolute Gasteiger partial charge is 0.265 e. The maximum absolute atomic E-state index is 4.98. The first-order valence-corrected chi connectivity index (χ1v) is 17.1. The Morgan fingerprint density at radius 1 is 0.320 bits per heavy atom. The molecule has 10 aromatic rings. The Labute approximate surface area is 290 Å². The molecule has 0 saturated heterocycles. The van der Waals surface area contributed by atoms with Gasteiger partial charge in [-0.1, -0.05) is 133 Å². The molecule has 2 aromatic heterocycles. The lowest BCUT2D eigenvalue weighted by Gasteiger charge is -2.21. The van der Waals surface area contributed by atoms with Gasteiger partial charge in [-0.2, -0.15) is 0 Å². The number of rotatable bonds is 4. The third-order valence-corrected chi connectivity index (χ3v) is 10.2. The lowest BCUT2D eigenvalue weighted by molar-refractivity contribution is 1.30. The molecule has 232 valence electrons. The van der Waals surface area contributed by atoms with Crippen molar-refractivity contribution in [1.29, 1.82) is 0 Å². The van der Waals surface area contributed by atoms with Crippen LogP contribution in [0.5, 0.6) is 0 Å². The van der Waals surface area contributed by atoms with Crippen LogP contribution in [0, 0.1) is 0 Å². The Kier molecular flexibility index (Phi) is 6.53. The lowest BCUT2D eigenvalue weighted by Crippen LogP contribution is -1.94. The van der Waals surface area contributed by atoms with Crippen molar-refractivity contribution in [1.82, 2.24) is 9.97 Å². The Bertz CT molecular complexity index is 2900. The van der Waals surface area contributed by atoms with Crippen molar-refractivity contribution in [2.75, 3.05) is 0 Å². The van der Waals surface area contributed by atoms with Gasteiger partial charge in [0.05, 0.1) is 5.69 Å². The van der Waals surface area contributed by atoms with Gasteiger partial charge in [-0.05, 0) is 112 Å². The van der Waals surface area contributed by atoms with E-state index >= 15 is 0 Å². The first kappa shape index (κ1) is 28.4. The Morgan fingerprint density at radius 3 is 1.68 bits per heavy atom. The van der Waals surface area contributed by atoms with Crippen LogP contribution in [0.1, 0.15) is 0 Å². The fourth-order valence-corrected chi connectivity index (χ4v) is 7.90. The normalized spacial score (nSPS) is 11.6. The van der Waals surface area contributed by atoms with E-state index in [4.69, 9.17) is 4.98 Å². The molecule has 0 bridgehead atoms. The van der Waals surface area contributed by atoms with Crippen LogP contribution in [0.4, 0.5) is 0 Å². The molecule has 0 amide bonds. The quantitative estimate of drug-likeness (QED) is 0.142. The van der Waals surface area contributed by atoms with Gasteiger partial charge in [0.15, 0.2) is 0 Å². The maximum Gasteiger partial charge on any atom is 0.0702 e. The third kappa shape index (κ3) is 4.50. The van der Waals surface area contributed by atoms with E-state index in [1.165, 1.54) is 76.1 Å². The fraction of sp³-hybridized carbons (Fsp3) is 0. The SMILES string of the molecule is c1ccc2c(-c3c4ccccc4c(-c4cc5ccccc5c5ccccc45)c4ccc(-c5ccc(-c6ccncc6)cn5)cc34)cccc2c1. The third-order valence-electron chi connectivity index (χ3n) is 10.2. The van der Waals surface area contributed by atoms with Crippen LogP contribution in [0.2, 0.25) is 0 Å². The molecule has 0 N–H and O–H groups in total. The molecule has 0 fully saturated rings. The molecule has 10 rings (SSSR count). The van der Waals surface area contributed by atoms with Crippen molar-refractivity contribution in [3.8, 4) is 44.6 Å². The Morgan fingerprint density at radius 2 is 0.920 bits per heavy atom. The van der Waals surface area contributed by atoms with Crippen molar-refractivity contribution in [2.24, 2.45) is 0 Å². The minimum atomic E-state index is 0.944. The number of nitrogens with zero attached hydrogens (tertiary/aromatic N) is 2. The van der Waals surface area contributed by atoms with Gasteiger partial charge < -0.3 is 0 Å². The van der Waals surface area contributed by atoms with Gasteiger partial charge in [-0.3, -0.25) is 9.97 Å². The van der Waals surface area contributed by atoms with E-state index in [0.717, 1.165) is 22.4 Å². The molecule has 2 nitrogen and oxygen atoms in total. The van der Waals surface area contributed by atoms with Gasteiger partial charge in [-0.15, -0.1) is 0 Å². The number of pyridine rings is 2. The number of hydrogen-bond donors (Lipinski definition) is 0. The van der Waals surface area contributed by atoms with Crippen molar-refractivity contribution < 1.29 is 0 Å². The van der Waals surface area contributed by atoms with Gasteiger partial charge in [0.2, 0.25) is 0 Å². The molecule has 2 heteroatoms. The first-order valence-electron chi connectivity index (χ1n) is 17.1. The maximum atomic E-state index is 4.98. The van der Waals surface area contributed by atoms with Crippen LogP contribution >= 0.6 is 0 Å². The van der Waals surface area contributed by atoms with Crippen LogP contribution < -0.4 is 0 Å². The second kappa shape index (κ2) is 11.5. The average molecular weight is 635 g/mol. The second-order valence-corrected chi connectivity index (χ2v) is 12.9. The average Bonchev–Trinajstić information content (AvgIpc) is 3.20. The molecule has 2 heterocycles. The van der Waals surface area contributed by atoms with Gasteiger partial charge in [0.1, 0.15) is 0 Å². The van der Waals surface area contributed by atoms with Crippen LogP contribution in [0.15, 0.2) is 182 Å². The highest BCUT2D eigenvalue weighted by Gasteiger charge is 2.21. The molecule has 0 unspecified atom stereocenters. The molecule has 50 heavy (non-hydrogen) atoms. The summed E-state index contributed by atoms with van der Waals surface area (Å²) in [6.07, 6.45) is 5.61. The second-order valence-electron chi connectivity index (χ2n) is 12.9. The summed E-state index contributed by atoms with van der Waals surface area (Å²) in [5, 5.41) is 12.4. The summed E-state index contributed by atoms with van der Waals surface area (Å²) in [6, 6.07) is 59.6. The van der Waals surface area contributed by atoms with Gasteiger partial charge >= 0.3 is 0 Å². The van der Waals surface area contributed by atoms with E-state index in [2.05, 4.69) is 157 Å². The topological polar surface area (TPSA) is 25.8 Å². The van der Waals surface area contributed by atoms with E-state index in [1.807, 2.05) is 30.7 Å². The number of fused-ring (bicyclic) bond motifs is 6. The zero-order chi connectivity index (χ0) is 33.0. The minimum Gasteiger partial charge on any atom is -0.265 e. The number of aromatic nitrogens is 2. The molecule has 0 saturated carbocycles. The highest BCUT2D eigenvalue weighted by molar-refractivity contribution is 6.27. The van der Waals surface area contributed by atoms with E-state index in [1.54, 1.807) is 0 Å². The Hall–Kier alpha value is -6.64. The van der Waals surface area contributed by atoms with Crippen LogP contribution in [0.3, 0.4) is 0 Å². The fourth-order valence-electron chi connectivity index (χ4n) is 7.90. The summed E-state index contributed by atoms with van der Waals surface area (Å²) in [4.78, 5) is 9.16. The summed E-state index contributed by atoms with van der Waals surface area (Å²) in [5.41, 5.74) is 9.20. The van der Waals surface area contributed by atoms with Crippen molar-refractivity contribution in [3.05, 3.63) is 182 Å². The van der Waals surface area contributed by atoms with E-state index in [0.29, 0.717) is 0 Å². The molecule has 0 spiro atoms. The van der Waals surface area contributed by atoms with Crippen LogP contribution in [-0.4, -0.2) is 9.97 Å². The minimum absolute atomic E-state index is 0.944. The summed E-state index contributed by atoms with van der Waals surface area (Å²) in [7, 11) is 0. The summed E-state index contributed by atoms with van der Waals surface area (Å²) in [6.45, 7) is 0. The monoisotopic (exact) mass is 634 g/mol.